The molecule has 0 aromatic rings. The van der Waals surface area contributed by atoms with Crippen molar-refractivity contribution in [2.75, 3.05) is 7.11 Å². The maximum Gasteiger partial charge on any atom is 0.311 e. The summed E-state index contributed by atoms with van der Waals surface area (Å²) in [6, 6.07) is 0. The topological polar surface area (TPSA) is 65.0 Å². The third-order valence-electron chi connectivity index (χ3n) is 7.49. The first-order valence-electron chi connectivity index (χ1n) is 11.4. The standard InChI is InChI=1S/C25H42O5/c1-18(12-17-25(27)19(2)11-9-14-23(25,4)5)10-8-15-24(6)16-13-21(29-30-24)20(3)22(26)28-7/h10,20-21,27H,2,8-9,11-17H2,1,3-7H3/b18-10+/t20-,21+,24-,25+/m1/s1. The average Bonchev–Trinajstić information content (AvgIpc) is 2.70. The lowest BCUT2D eigenvalue weighted by Crippen LogP contribution is -2.48. The number of allylic oxidation sites excluding steroid dienone is 2. The fraction of sp³-hybridized carbons (Fsp3) is 0.800. The van der Waals surface area contributed by atoms with Crippen molar-refractivity contribution in [2.45, 2.75) is 110 Å². The van der Waals surface area contributed by atoms with E-state index in [1.165, 1.54) is 12.7 Å². The lowest BCUT2D eigenvalue weighted by atomic mass is 9.61. The Labute approximate surface area is 182 Å². The van der Waals surface area contributed by atoms with Gasteiger partial charge in [-0.2, -0.15) is 0 Å². The third-order valence-corrected chi connectivity index (χ3v) is 7.49. The van der Waals surface area contributed by atoms with Crippen molar-refractivity contribution in [3.05, 3.63) is 23.8 Å². The predicted molar refractivity (Wildman–Crippen MR) is 119 cm³/mol. The lowest BCUT2D eigenvalue weighted by molar-refractivity contribution is -0.411. The van der Waals surface area contributed by atoms with E-state index in [1.807, 2.05) is 6.92 Å². The van der Waals surface area contributed by atoms with Crippen molar-refractivity contribution in [2.24, 2.45) is 11.3 Å². The largest absolute Gasteiger partial charge is 0.469 e. The number of rotatable bonds is 8. The highest BCUT2D eigenvalue weighted by molar-refractivity contribution is 5.72. The Balaban J connectivity index is 1.81. The van der Waals surface area contributed by atoms with Crippen molar-refractivity contribution >= 4 is 5.97 Å². The summed E-state index contributed by atoms with van der Waals surface area (Å²) < 4.78 is 4.80. The van der Waals surface area contributed by atoms with Gasteiger partial charge < -0.3 is 9.84 Å². The van der Waals surface area contributed by atoms with Crippen molar-refractivity contribution in [1.82, 2.24) is 0 Å². The summed E-state index contributed by atoms with van der Waals surface area (Å²) >= 11 is 0. The van der Waals surface area contributed by atoms with Crippen LogP contribution >= 0.6 is 0 Å². The van der Waals surface area contributed by atoms with Gasteiger partial charge in [0.2, 0.25) is 0 Å². The quantitative estimate of drug-likeness (QED) is 0.310. The second kappa shape index (κ2) is 9.97. The molecule has 172 valence electrons. The molecular formula is C25H42O5. The van der Waals surface area contributed by atoms with Crippen LogP contribution in [0.3, 0.4) is 0 Å². The minimum absolute atomic E-state index is 0.124. The molecule has 1 saturated heterocycles. The second-order valence-corrected chi connectivity index (χ2v) is 10.3. The molecule has 0 aromatic heterocycles. The highest BCUT2D eigenvalue weighted by Gasteiger charge is 2.47. The molecule has 0 amide bonds. The molecule has 1 N–H and O–H groups in total. The molecule has 1 aliphatic heterocycles. The molecule has 1 aliphatic carbocycles. The molecule has 0 aromatic carbocycles. The summed E-state index contributed by atoms with van der Waals surface area (Å²) in [4.78, 5) is 22.9. The normalized spacial score (nSPS) is 33.2. The van der Waals surface area contributed by atoms with Crippen LogP contribution in [0.4, 0.5) is 0 Å². The Hall–Kier alpha value is -1.17. The Morgan fingerprint density at radius 3 is 2.60 bits per heavy atom. The van der Waals surface area contributed by atoms with E-state index in [9.17, 15) is 9.90 Å². The minimum Gasteiger partial charge on any atom is -0.469 e. The van der Waals surface area contributed by atoms with Crippen LogP contribution in [0, 0.1) is 11.3 Å². The maximum absolute atomic E-state index is 11.7. The first-order valence-corrected chi connectivity index (χ1v) is 11.4. The Morgan fingerprint density at radius 1 is 1.33 bits per heavy atom. The van der Waals surface area contributed by atoms with E-state index >= 15 is 0 Å². The maximum atomic E-state index is 11.7. The van der Waals surface area contributed by atoms with Gasteiger partial charge in [-0.3, -0.25) is 4.79 Å². The molecule has 2 rings (SSSR count). The fourth-order valence-electron chi connectivity index (χ4n) is 4.81. The van der Waals surface area contributed by atoms with Crippen LogP contribution in [0.25, 0.3) is 0 Å². The smallest absolute Gasteiger partial charge is 0.311 e. The summed E-state index contributed by atoms with van der Waals surface area (Å²) in [5, 5.41) is 11.3. The van der Waals surface area contributed by atoms with Gasteiger partial charge in [-0.1, -0.05) is 32.1 Å². The Morgan fingerprint density at radius 2 is 2.03 bits per heavy atom. The SMILES string of the molecule is C=C1CCCC(C)(C)[C@]1(O)CC/C(C)=C/CC[C@]1(C)CC[C@@H]([C@@H](C)C(=O)OC)OO1. The first-order chi connectivity index (χ1) is 13.9. The third kappa shape index (κ3) is 5.74. The highest BCUT2D eigenvalue weighted by atomic mass is 17.2. The van der Waals surface area contributed by atoms with E-state index in [1.54, 1.807) is 0 Å². The van der Waals surface area contributed by atoms with Crippen molar-refractivity contribution in [3.63, 3.8) is 0 Å². The zero-order valence-corrected chi connectivity index (χ0v) is 19.9. The fourth-order valence-corrected chi connectivity index (χ4v) is 4.81. The van der Waals surface area contributed by atoms with Crippen LogP contribution < -0.4 is 0 Å². The van der Waals surface area contributed by atoms with Gasteiger partial charge in [0.1, 0.15) is 11.7 Å². The average molecular weight is 423 g/mol. The molecule has 5 heteroatoms. The number of methoxy groups -OCH3 is 1. The molecule has 30 heavy (non-hydrogen) atoms. The highest BCUT2D eigenvalue weighted by Crippen LogP contribution is 2.49. The van der Waals surface area contributed by atoms with E-state index in [4.69, 9.17) is 14.5 Å². The van der Waals surface area contributed by atoms with E-state index in [2.05, 4.69) is 40.3 Å². The summed E-state index contributed by atoms with van der Waals surface area (Å²) in [6.45, 7) is 14.5. The van der Waals surface area contributed by atoms with Gasteiger partial charge in [0.05, 0.1) is 18.6 Å². The van der Waals surface area contributed by atoms with Gasteiger partial charge in [0.15, 0.2) is 0 Å². The monoisotopic (exact) mass is 422 g/mol. The zero-order chi connectivity index (χ0) is 22.6. The number of carbonyl (C=O) groups is 1. The van der Waals surface area contributed by atoms with Crippen LogP contribution in [0.15, 0.2) is 23.8 Å². The van der Waals surface area contributed by atoms with E-state index < -0.39 is 5.60 Å². The van der Waals surface area contributed by atoms with Crippen molar-refractivity contribution < 1.29 is 24.4 Å². The molecule has 1 heterocycles. The molecular weight excluding hydrogens is 380 g/mol. The molecule has 1 saturated carbocycles. The van der Waals surface area contributed by atoms with Gasteiger partial charge in [-0.05, 0) is 89.5 Å². The molecule has 0 spiro atoms. The number of esters is 1. The van der Waals surface area contributed by atoms with E-state index in [0.29, 0.717) is 0 Å². The van der Waals surface area contributed by atoms with Gasteiger partial charge in [0.25, 0.3) is 0 Å². The molecule has 2 aliphatic rings. The Kier molecular flexibility index (Phi) is 8.34. The van der Waals surface area contributed by atoms with Gasteiger partial charge in [-0.15, -0.1) is 0 Å². The molecule has 5 nitrogen and oxygen atoms in total. The lowest BCUT2D eigenvalue weighted by Gasteiger charge is -2.48. The minimum atomic E-state index is -0.780. The summed E-state index contributed by atoms with van der Waals surface area (Å²) in [5.41, 5.74) is 1.03. The van der Waals surface area contributed by atoms with Gasteiger partial charge >= 0.3 is 5.97 Å². The molecule has 2 fully saturated rings. The van der Waals surface area contributed by atoms with Crippen molar-refractivity contribution in [3.8, 4) is 0 Å². The molecule has 0 radical (unpaired) electrons. The number of ether oxygens (including phenoxy) is 1. The van der Waals surface area contributed by atoms with Crippen LogP contribution in [-0.2, 0) is 19.3 Å². The van der Waals surface area contributed by atoms with Crippen molar-refractivity contribution in [1.29, 1.82) is 0 Å². The number of carbonyl (C=O) groups excluding carboxylic acids is 1. The van der Waals surface area contributed by atoms with Gasteiger partial charge in [0, 0.05) is 0 Å². The van der Waals surface area contributed by atoms with Gasteiger partial charge in [-0.25, -0.2) is 9.78 Å². The summed E-state index contributed by atoms with van der Waals surface area (Å²) in [6.07, 6.45) is 10.0. The molecule has 4 atom stereocenters. The predicted octanol–water partition coefficient (Wildman–Crippen LogP) is 5.67. The van der Waals surface area contributed by atoms with E-state index in [-0.39, 0.29) is 29.0 Å². The summed E-state index contributed by atoms with van der Waals surface area (Å²) in [5.74, 6) is -0.595. The first kappa shape index (κ1) is 25.1. The zero-order valence-electron chi connectivity index (χ0n) is 19.9. The number of hydrogen-bond donors (Lipinski definition) is 1. The van der Waals surface area contributed by atoms with Crippen LogP contribution in [0.5, 0.6) is 0 Å². The number of hydrogen-bond acceptors (Lipinski definition) is 5. The van der Waals surface area contributed by atoms with Crippen LogP contribution in [0.1, 0.15) is 92.4 Å². The summed E-state index contributed by atoms with van der Waals surface area (Å²) in [7, 11) is 1.39. The molecule has 0 bridgehead atoms. The van der Waals surface area contributed by atoms with Crippen LogP contribution in [-0.4, -0.2) is 35.5 Å². The van der Waals surface area contributed by atoms with E-state index in [0.717, 1.165) is 63.4 Å². The van der Waals surface area contributed by atoms with Crippen LogP contribution in [0.2, 0.25) is 0 Å². The second-order valence-electron chi connectivity index (χ2n) is 10.3. The Bertz CT molecular complexity index is 642. The number of aliphatic hydroxyl groups is 1. The molecule has 0 unspecified atom stereocenters.